The Morgan fingerprint density at radius 1 is 1.43 bits per heavy atom. The van der Waals surface area contributed by atoms with Crippen molar-refractivity contribution in [2.24, 2.45) is 0 Å². The second-order valence-electron chi connectivity index (χ2n) is 3.00. The van der Waals surface area contributed by atoms with Crippen LogP contribution in [0.3, 0.4) is 0 Å². The van der Waals surface area contributed by atoms with Crippen LogP contribution in [0.1, 0.15) is 6.92 Å². The molecule has 0 saturated heterocycles. The molecule has 7 heteroatoms. The average Bonchev–Trinajstić information content (AvgIpc) is 2.01. The van der Waals surface area contributed by atoms with Crippen LogP contribution in [0, 0.1) is 0 Å². The van der Waals surface area contributed by atoms with Gasteiger partial charge in [0.05, 0.1) is 6.61 Å². The van der Waals surface area contributed by atoms with Crippen LogP contribution in [0.2, 0.25) is 0 Å². The Hall–Kier alpha value is -0.820. The second kappa shape index (κ2) is 4.61. The summed E-state index contributed by atoms with van der Waals surface area (Å²) in [4.78, 5) is 10.6. The number of nitrogens with one attached hydrogen (secondary N) is 1. The Morgan fingerprint density at radius 3 is 2.21 bits per heavy atom. The number of carbonyl (C=O) groups is 1. The molecule has 0 amide bonds. The van der Waals surface area contributed by atoms with E-state index in [4.69, 9.17) is 5.11 Å². The number of halogens is 3. The molecular formula is C7H12F3NO3. The molecule has 0 spiro atoms. The minimum Gasteiger partial charge on any atom is -0.480 e. The van der Waals surface area contributed by atoms with E-state index in [-0.39, 0.29) is 0 Å². The molecule has 0 rings (SSSR count). The molecule has 0 radical (unpaired) electrons. The highest BCUT2D eigenvalue weighted by atomic mass is 19.4. The zero-order valence-electron chi connectivity index (χ0n) is 7.81. The van der Waals surface area contributed by atoms with E-state index < -0.39 is 30.9 Å². The summed E-state index contributed by atoms with van der Waals surface area (Å²) in [5.74, 6) is -1.26. The lowest BCUT2D eigenvalue weighted by atomic mass is 10.1. The summed E-state index contributed by atoms with van der Waals surface area (Å²) in [7, 11) is 1.34. The summed E-state index contributed by atoms with van der Waals surface area (Å²) < 4.78 is 39.2. The van der Waals surface area contributed by atoms with E-state index in [0.29, 0.717) is 0 Å². The molecule has 4 nitrogen and oxygen atoms in total. The van der Waals surface area contributed by atoms with Crippen molar-refractivity contribution in [2.75, 3.05) is 20.3 Å². The van der Waals surface area contributed by atoms with Crippen LogP contribution in [-0.2, 0) is 9.53 Å². The highest BCUT2D eigenvalue weighted by Crippen LogP contribution is 2.15. The lowest BCUT2D eigenvalue weighted by Gasteiger charge is -2.23. The first-order valence-corrected chi connectivity index (χ1v) is 3.78. The topological polar surface area (TPSA) is 58.6 Å². The highest BCUT2D eigenvalue weighted by molar-refractivity contribution is 5.78. The molecule has 1 atom stereocenters. The number of likely N-dealkylation sites (N-methyl/N-ethyl adjacent to an activating group) is 1. The predicted molar refractivity (Wildman–Crippen MR) is 42.0 cm³/mol. The predicted octanol–water partition coefficient (Wildman–Crippen LogP) is 0.628. The van der Waals surface area contributed by atoms with Crippen LogP contribution in [0.5, 0.6) is 0 Å². The summed E-state index contributed by atoms with van der Waals surface area (Å²) in [5.41, 5.74) is -1.49. The molecule has 0 aliphatic carbocycles. The Bertz CT molecular complexity index is 207. The van der Waals surface area contributed by atoms with Gasteiger partial charge in [-0.3, -0.25) is 4.79 Å². The highest BCUT2D eigenvalue weighted by Gasteiger charge is 2.34. The molecule has 0 heterocycles. The Morgan fingerprint density at radius 2 is 1.93 bits per heavy atom. The first kappa shape index (κ1) is 13.2. The van der Waals surface area contributed by atoms with Gasteiger partial charge in [-0.1, -0.05) is 0 Å². The van der Waals surface area contributed by atoms with Crippen molar-refractivity contribution in [2.45, 2.75) is 18.6 Å². The molecule has 84 valence electrons. The molecule has 0 aromatic heterocycles. The van der Waals surface area contributed by atoms with E-state index in [1.807, 2.05) is 0 Å². The number of carboxylic acids is 1. The van der Waals surface area contributed by atoms with Gasteiger partial charge in [0.25, 0.3) is 0 Å². The van der Waals surface area contributed by atoms with Gasteiger partial charge < -0.3 is 15.2 Å². The van der Waals surface area contributed by atoms with Gasteiger partial charge in [-0.15, -0.1) is 0 Å². The van der Waals surface area contributed by atoms with Gasteiger partial charge in [0.1, 0.15) is 12.1 Å². The van der Waals surface area contributed by atoms with Gasteiger partial charge in [-0.2, -0.15) is 13.2 Å². The molecule has 0 fully saturated rings. The second-order valence-corrected chi connectivity index (χ2v) is 3.00. The Balaban J connectivity index is 4.04. The fraction of sp³-hybridized carbons (Fsp3) is 0.857. The first-order chi connectivity index (χ1) is 6.21. The SMILES string of the molecule is CNC(C)(COCC(F)(F)F)C(=O)O. The minimum atomic E-state index is -4.44. The van der Waals surface area contributed by atoms with Crippen molar-refractivity contribution in [3.63, 3.8) is 0 Å². The van der Waals surface area contributed by atoms with Gasteiger partial charge in [-0.05, 0) is 14.0 Å². The maximum Gasteiger partial charge on any atom is 0.411 e. The van der Waals surface area contributed by atoms with Gasteiger partial charge in [0, 0.05) is 0 Å². The van der Waals surface area contributed by atoms with Crippen molar-refractivity contribution in [1.82, 2.24) is 5.32 Å². The van der Waals surface area contributed by atoms with E-state index in [9.17, 15) is 18.0 Å². The molecule has 14 heavy (non-hydrogen) atoms. The van der Waals surface area contributed by atoms with Crippen molar-refractivity contribution >= 4 is 5.97 Å². The molecule has 0 aliphatic rings. The van der Waals surface area contributed by atoms with Crippen LogP contribution in [-0.4, -0.2) is 43.1 Å². The van der Waals surface area contributed by atoms with Crippen molar-refractivity contribution in [3.8, 4) is 0 Å². The van der Waals surface area contributed by atoms with E-state index in [0.717, 1.165) is 0 Å². The lowest BCUT2D eigenvalue weighted by molar-refractivity contribution is -0.181. The normalized spacial score (nSPS) is 16.4. The Kier molecular flexibility index (Phi) is 4.34. The van der Waals surface area contributed by atoms with Gasteiger partial charge >= 0.3 is 12.1 Å². The third-order valence-corrected chi connectivity index (χ3v) is 1.68. The van der Waals surface area contributed by atoms with Crippen LogP contribution in [0.4, 0.5) is 13.2 Å². The number of aliphatic carboxylic acids is 1. The molecule has 0 bridgehead atoms. The molecular weight excluding hydrogens is 203 g/mol. The smallest absolute Gasteiger partial charge is 0.411 e. The standard InChI is InChI=1S/C7H12F3NO3/c1-6(11-2,5(12)13)3-14-4-7(8,9)10/h11H,3-4H2,1-2H3,(H,12,13). The fourth-order valence-corrected chi connectivity index (χ4v) is 0.612. The maximum absolute atomic E-state index is 11.6. The quantitative estimate of drug-likeness (QED) is 0.706. The molecule has 0 aliphatic heterocycles. The number of hydrogen-bond acceptors (Lipinski definition) is 3. The number of alkyl halides is 3. The molecule has 2 N–H and O–H groups in total. The van der Waals surface area contributed by atoms with Crippen LogP contribution >= 0.6 is 0 Å². The largest absolute Gasteiger partial charge is 0.480 e. The van der Waals surface area contributed by atoms with Gasteiger partial charge in [0.15, 0.2) is 0 Å². The number of hydrogen-bond donors (Lipinski definition) is 2. The van der Waals surface area contributed by atoms with Crippen molar-refractivity contribution in [1.29, 1.82) is 0 Å². The summed E-state index contributed by atoms with van der Waals surface area (Å²) >= 11 is 0. The fourth-order valence-electron chi connectivity index (χ4n) is 0.612. The number of rotatable bonds is 5. The summed E-state index contributed by atoms with van der Waals surface area (Å²) in [5, 5.41) is 11.0. The minimum absolute atomic E-state index is 0.543. The summed E-state index contributed by atoms with van der Waals surface area (Å²) in [6.45, 7) is -0.748. The van der Waals surface area contributed by atoms with Crippen LogP contribution in [0.25, 0.3) is 0 Å². The molecule has 1 unspecified atom stereocenters. The Labute approximate surface area is 79.0 Å². The van der Waals surface area contributed by atoms with E-state index in [2.05, 4.69) is 10.1 Å². The third kappa shape index (κ3) is 4.43. The molecule has 0 aromatic rings. The third-order valence-electron chi connectivity index (χ3n) is 1.68. The molecule has 0 aromatic carbocycles. The maximum atomic E-state index is 11.6. The lowest BCUT2D eigenvalue weighted by Crippen LogP contribution is -2.51. The van der Waals surface area contributed by atoms with Crippen molar-refractivity contribution < 1.29 is 27.8 Å². The van der Waals surface area contributed by atoms with Gasteiger partial charge in [0.2, 0.25) is 0 Å². The average molecular weight is 215 g/mol. The zero-order valence-corrected chi connectivity index (χ0v) is 7.81. The number of ether oxygens (including phenoxy) is 1. The summed E-state index contributed by atoms with van der Waals surface area (Å²) in [6.07, 6.45) is -4.44. The summed E-state index contributed by atoms with van der Waals surface area (Å²) in [6, 6.07) is 0. The van der Waals surface area contributed by atoms with Crippen LogP contribution in [0.15, 0.2) is 0 Å². The van der Waals surface area contributed by atoms with Gasteiger partial charge in [-0.25, -0.2) is 0 Å². The molecule has 0 saturated carbocycles. The zero-order chi connectivity index (χ0) is 11.4. The van der Waals surface area contributed by atoms with Crippen molar-refractivity contribution in [3.05, 3.63) is 0 Å². The van der Waals surface area contributed by atoms with E-state index in [1.165, 1.54) is 14.0 Å². The van der Waals surface area contributed by atoms with E-state index >= 15 is 0 Å². The monoisotopic (exact) mass is 215 g/mol. The van der Waals surface area contributed by atoms with Crippen LogP contribution < -0.4 is 5.32 Å². The first-order valence-electron chi connectivity index (χ1n) is 3.78. The van der Waals surface area contributed by atoms with E-state index in [1.54, 1.807) is 0 Å². The number of carboxylic acid groups (broad SMARTS) is 1.